The number of aryl methyl sites for hydroxylation is 1. The molecular weight excluding hydrogens is 422 g/mol. The number of halogens is 1. The molecule has 2 aromatic carbocycles. The smallest absolute Gasteiger partial charge is 0.243 e. The highest BCUT2D eigenvalue weighted by atomic mass is 35.5. The molecule has 0 saturated carbocycles. The number of benzene rings is 2. The summed E-state index contributed by atoms with van der Waals surface area (Å²) in [6, 6.07) is 12.3. The minimum atomic E-state index is -3.49. The van der Waals surface area contributed by atoms with Gasteiger partial charge in [-0.1, -0.05) is 49.7 Å². The predicted molar refractivity (Wildman–Crippen MR) is 120 cm³/mol. The van der Waals surface area contributed by atoms with E-state index in [1.165, 1.54) is 4.31 Å². The van der Waals surface area contributed by atoms with E-state index in [0.29, 0.717) is 36.1 Å². The first-order valence-electron chi connectivity index (χ1n) is 10.2. The van der Waals surface area contributed by atoms with Crippen LogP contribution in [0.3, 0.4) is 0 Å². The van der Waals surface area contributed by atoms with Crippen LogP contribution in [0.4, 0.5) is 5.69 Å². The number of carbonyl (C=O) groups excluding carboxylic acids is 1. The largest absolute Gasteiger partial charge is 0.324 e. The zero-order chi connectivity index (χ0) is 21.7. The topological polar surface area (TPSA) is 69.7 Å². The van der Waals surface area contributed by atoms with E-state index < -0.39 is 10.0 Å². The molecule has 2 aromatic rings. The number of anilines is 1. The molecule has 0 spiro atoms. The van der Waals surface area contributed by atoms with E-state index in [1.54, 1.807) is 30.3 Å². The number of nitrogens with zero attached hydrogens (tertiary/aromatic N) is 2. The minimum Gasteiger partial charge on any atom is -0.324 e. The van der Waals surface area contributed by atoms with Gasteiger partial charge >= 0.3 is 0 Å². The Bertz CT molecular complexity index is 988. The van der Waals surface area contributed by atoms with Crippen LogP contribution in [0.25, 0.3) is 0 Å². The number of nitrogens with one attached hydrogen (secondary N) is 1. The van der Waals surface area contributed by atoms with Gasteiger partial charge in [0.1, 0.15) is 0 Å². The summed E-state index contributed by atoms with van der Waals surface area (Å²) in [7, 11) is -3.49. The van der Waals surface area contributed by atoms with Gasteiger partial charge in [0, 0.05) is 36.9 Å². The van der Waals surface area contributed by atoms with Crippen molar-refractivity contribution in [3.63, 3.8) is 0 Å². The van der Waals surface area contributed by atoms with E-state index in [9.17, 15) is 13.2 Å². The zero-order valence-corrected chi connectivity index (χ0v) is 19.0. The second-order valence-electron chi connectivity index (χ2n) is 7.31. The Labute approximate surface area is 183 Å². The number of hydrogen-bond donors (Lipinski definition) is 1. The predicted octanol–water partition coefficient (Wildman–Crippen LogP) is 3.41. The van der Waals surface area contributed by atoms with Crippen LogP contribution in [0.5, 0.6) is 0 Å². The van der Waals surface area contributed by atoms with Crippen molar-refractivity contribution in [2.75, 3.05) is 38.0 Å². The van der Waals surface area contributed by atoms with Crippen LogP contribution in [-0.4, -0.2) is 56.3 Å². The molecule has 0 radical (unpaired) electrons. The molecule has 1 saturated heterocycles. The van der Waals surface area contributed by atoms with Gasteiger partial charge in [-0.05, 0) is 42.2 Å². The van der Waals surface area contributed by atoms with Crippen LogP contribution in [0.2, 0.25) is 5.02 Å². The SMILES string of the molecule is CCc1ccc(Cl)c(CC)c1NC(=O)CN1CCN(S(=O)(=O)c2ccccc2)CC1. The van der Waals surface area contributed by atoms with Gasteiger partial charge in [0.25, 0.3) is 0 Å². The first-order chi connectivity index (χ1) is 14.4. The van der Waals surface area contributed by atoms with E-state index >= 15 is 0 Å². The Hall–Kier alpha value is -1.93. The lowest BCUT2D eigenvalue weighted by atomic mass is 10.0. The lowest BCUT2D eigenvalue weighted by Gasteiger charge is -2.33. The number of hydrogen-bond acceptors (Lipinski definition) is 4. The third kappa shape index (κ3) is 5.03. The third-order valence-electron chi connectivity index (χ3n) is 5.42. The van der Waals surface area contributed by atoms with Crippen LogP contribution >= 0.6 is 11.6 Å². The number of piperazine rings is 1. The highest BCUT2D eigenvalue weighted by Crippen LogP contribution is 2.29. The summed E-state index contributed by atoms with van der Waals surface area (Å²) in [4.78, 5) is 15.0. The van der Waals surface area contributed by atoms with Crippen molar-refractivity contribution in [3.05, 3.63) is 58.6 Å². The first kappa shape index (κ1) is 22.7. The molecule has 0 aromatic heterocycles. The number of sulfonamides is 1. The molecule has 0 unspecified atom stereocenters. The quantitative estimate of drug-likeness (QED) is 0.703. The van der Waals surface area contributed by atoms with Crippen molar-refractivity contribution >= 4 is 33.2 Å². The molecule has 8 heteroatoms. The van der Waals surface area contributed by atoms with E-state index in [2.05, 4.69) is 5.32 Å². The Morgan fingerprint density at radius 3 is 2.27 bits per heavy atom. The second-order valence-corrected chi connectivity index (χ2v) is 9.65. The van der Waals surface area contributed by atoms with Crippen molar-refractivity contribution in [1.82, 2.24) is 9.21 Å². The van der Waals surface area contributed by atoms with Crippen molar-refractivity contribution in [2.45, 2.75) is 31.6 Å². The zero-order valence-electron chi connectivity index (χ0n) is 17.4. The summed E-state index contributed by atoms with van der Waals surface area (Å²) >= 11 is 6.32. The van der Waals surface area contributed by atoms with E-state index in [-0.39, 0.29) is 12.5 Å². The van der Waals surface area contributed by atoms with Crippen LogP contribution < -0.4 is 5.32 Å². The molecule has 0 atom stereocenters. The summed E-state index contributed by atoms with van der Waals surface area (Å²) in [6.45, 7) is 6.03. The molecule has 3 rings (SSSR count). The van der Waals surface area contributed by atoms with Gasteiger partial charge in [-0.25, -0.2) is 8.42 Å². The Kier molecular flexibility index (Phi) is 7.52. The summed E-state index contributed by atoms with van der Waals surface area (Å²) in [6.07, 6.45) is 1.54. The Morgan fingerprint density at radius 2 is 1.67 bits per heavy atom. The van der Waals surface area contributed by atoms with E-state index in [4.69, 9.17) is 11.6 Å². The van der Waals surface area contributed by atoms with Gasteiger partial charge in [-0.3, -0.25) is 9.69 Å². The van der Waals surface area contributed by atoms with Crippen molar-refractivity contribution in [1.29, 1.82) is 0 Å². The lowest BCUT2D eigenvalue weighted by Crippen LogP contribution is -2.50. The number of amides is 1. The van der Waals surface area contributed by atoms with Gasteiger partial charge < -0.3 is 5.32 Å². The molecule has 1 aliphatic rings. The van der Waals surface area contributed by atoms with E-state index in [0.717, 1.165) is 29.7 Å². The Morgan fingerprint density at radius 1 is 1.00 bits per heavy atom. The molecule has 1 amide bonds. The molecule has 6 nitrogen and oxygen atoms in total. The van der Waals surface area contributed by atoms with Crippen molar-refractivity contribution < 1.29 is 13.2 Å². The molecule has 0 aliphatic carbocycles. The molecule has 162 valence electrons. The standard InChI is InChI=1S/C22H28ClN3O3S/c1-3-17-10-11-20(23)19(4-2)22(17)24-21(27)16-25-12-14-26(15-13-25)30(28,29)18-8-6-5-7-9-18/h5-11H,3-4,12-16H2,1-2H3,(H,24,27). The highest BCUT2D eigenvalue weighted by Gasteiger charge is 2.29. The average molecular weight is 450 g/mol. The average Bonchev–Trinajstić information content (AvgIpc) is 2.75. The minimum absolute atomic E-state index is 0.110. The fourth-order valence-corrected chi connectivity index (χ4v) is 5.45. The van der Waals surface area contributed by atoms with Gasteiger partial charge in [-0.2, -0.15) is 4.31 Å². The summed E-state index contributed by atoms with van der Waals surface area (Å²) < 4.78 is 27.0. The fraction of sp³-hybridized carbons (Fsp3) is 0.409. The number of rotatable bonds is 7. The maximum Gasteiger partial charge on any atom is 0.243 e. The third-order valence-corrected chi connectivity index (χ3v) is 7.69. The molecule has 1 aliphatic heterocycles. The molecular formula is C22H28ClN3O3S. The maximum absolute atomic E-state index is 12.7. The summed E-state index contributed by atoms with van der Waals surface area (Å²) in [5, 5.41) is 3.70. The van der Waals surface area contributed by atoms with Crippen LogP contribution in [0.1, 0.15) is 25.0 Å². The van der Waals surface area contributed by atoms with Crippen molar-refractivity contribution in [3.8, 4) is 0 Å². The fourth-order valence-electron chi connectivity index (χ4n) is 3.72. The first-order valence-corrected chi connectivity index (χ1v) is 12.1. The van der Waals surface area contributed by atoms with Crippen LogP contribution in [-0.2, 0) is 27.7 Å². The Balaban J connectivity index is 1.61. The monoisotopic (exact) mass is 449 g/mol. The molecule has 1 N–H and O–H groups in total. The van der Waals surface area contributed by atoms with Gasteiger partial charge in [0.15, 0.2) is 0 Å². The lowest BCUT2D eigenvalue weighted by molar-refractivity contribution is -0.117. The second kappa shape index (κ2) is 9.92. The van der Waals surface area contributed by atoms with Gasteiger partial charge in [0.2, 0.25) is 15.9 Å². The normalized spacial score (nSPS) is 15.8. The van der Waals surface area contributed by atoms with Gasteiger partial charge in [-0.15, -0.1) is 0 Å². The van der Waals surface area contributed by atoms with E-state index in [1.807, 2.05) is 30.9 Å². The van der Waals surface area contributed by atoms with Gasteiger partial charge in [0.05, 0.1) is 11.4 Å². The van der Waals surface area contributed by atoms with Crippen LogP contribution in [0, 0.1) is 0 Å². The van der Waals surface area contributed by atoms with Crippen LogP contribution in [0.15, 0.2) is 47.4 Å². The molecule has 1 fully saturated rings. The maximum atomic E-state index is 12.7. The summed E-state index contributed by atoms with van der Waals surface area (Å²) in [5.74, 6) is -0.110. The molecule has 30 heavy (non-hydrogen) atoms. The highest BCUT2D eigenvalue weighted by molar-refractivity contribution is 7.89. The molecule has 0 bridgehead atoms. The number of carbonyl (C=O) groups is 1. The summed E-state index contributed by atoms with van der Waals surface area (Å²) in [5.41, 5.74) is 2.81. The molecule has 1 heterocycles. The van der Waals surface area contributed by atoms with Crippen molar-refractivity contribution in [2.24, 2.45) is 0 Å².